The second-order valence-corrected chi connectivity index (χ2v) is 9.99. The maximum atomic E-state index is 12.7. The van der Waals surface area contributed by atoms with Crippen LogP contribution in [0.25, 0.3) is 11.5 Å². The van der Waals surface area contributed by atoms with E-state index in [9.17, 15) is 26.4 Å². The quantitative estimate of drug-likeness (QED) is 0.562. The van der Waals surface area contributed by atoms with Gasteiger partial charge in [0.05, 0.1) is 5.75 Å². The molecule has 154 valence electrons. The average molecular weight is 444 g/mol. The number of halogens is 3. The van der Waals surface area contributed by atoms with Gasteiger partial charge >= 0.3 is 11.2 Å². The summed E-state index contributed by atoms with van der Waals surface area (Å²) in [7, 11) is -3.72. The molecule has 1 fully saturated rings. The Hall–Kier alpha value is -2.34. The fraction of sp³-hybridized carbons (Fsp3) is 0.353. The van der Waals surface area contributed by atoms with Crippen LogP contribution >= 0.6 is 11.8 Å². The van der Waals surface area contributed by atoms with Gasteiger partial charge in [0.1, 0.15) is 4.90 Å². The van der Waals surface area contributed by atoms with Gasteiger partial charge in [-0.25, -0.2) is 22.6 Å². The first-order valence-electron chi connectivity index (χ1n) is 8.69. The first-order valence-corrected chi connectivity index (χ1v) is 11.2. The van der Waals surface area contributed by atoms with Crippen LogP contribution in [0.4, 0.5) is 13.2 Å². The Morgan fingerprint density at radius 3 is 2.62 bits per heavy atom. The van der Waals surface area contributed by atoms with E-state index in [1.54, 1.807) is 0 Å². The fourth-order valence-electron chi connectivity index (χ4n) is 2.93. The molecule has 1 saturated carbocycles. The summed E-state index contributed by atoms with van der Waals surface area (Å²) in [5, 5.41) is 4.03. The van der Waals surface area contributed by atoms with Crippen molar-refractivity contribution in [3.63, 3.8) is 0 Å². The molecule has 3 aromatic rings. The Morgan fingerprint density at radius 1 is 1.28 bits per heavy atom. The van der Waals surface area contributed by atoms with Gasteiger partial charge in [-0.1, -0.05) is 6.92 Å². The molecule has 12 heteroatoms. The van der Waals surface area contributed by atoms with Crippen LogP contribution in [-0.4, -0.2) is 38.8 Å². The average Bonchev–Trinajstić information content (AvgIpc) is 3.45. The molecular formula is C17H15F3N4O3S2. The van der Waals surface area contributed by atoms with Crippen LogP contribution in [0.3, 0.4) is 0 Å². The molecule has 0 unspecified atom stereocenters. The molecule has 3 aromatic heterocycles. The molecule has 0 atom stereocenters. The highest BCUT2D eigenvalue weighted by Crippen LogP contribution is 2.41. The smallest absolute Gasteiger partial charge is 0.250 e. The highest BCUT2D eigenvalue weighted by molar-refractivity contribution is 8.00. The second-order valence-electron chi connectivity index (χ2n) is 6.60. The van der Waals surface area contributed by atoms with Gasteiger partial charge in [0.25, 0.3) is 0 Å². The summed E-state index contributed by atoms with van der Waals surface area (Å²) in [5.41, 5.74) is -4.47. The van der Waals surface area contributed by atoms with Gasteiger partial charge in [0, 0.05) is 17.3 Å². The molecule has 0 bridgehead atoms. The Morgan fingerprint density at radius 2 is 2.00 bits per heavy atom. The second kappa shape index (κ2) is 6.87. The molecule has 29 heavy (non-hydrogen) atoms. The molecule has 0 spiro atoms. The Kier molecular flexibility index (Phi) is 4.73. The number of nitrogens with zero attached hydrogens (tertiary/aromatic N) is 4. The van der Waals surface area contributed by atoms with Crippen LogP contribution < -0.4 is 5.69 Å². The number of hydrogen-bond donors (Lipinski definition) is 0. The van der Waals surface area contributed by atoms with Gasteiger partial charge in [-0.3, -0.25) is 0 Å². The van der Waals surface area contributed by atoms with Gasteiger partial charge < -0.3 is 0 Å². The fourth-order valence-corrected chi connectivity index (χ4v) is 4.53. The monoisotopic (exact) mass is 444 g/mol. The van der Waals surface area contributed by atoms with Crippen LogP contribution in [0.5, 0.6) is 0 Å². The summed E-state index contributed by atoms with van der Waals surface area (Å²) in [6.07, 6.45) is 4.58. The molecule has 0 amide bonds. The van der Waals surface area contributed by atoms with E-state index < -0.39 is 21.0 Å². The minimum absolute atomic E-state index is 0.0443. The molecule has 0 aliphatic heterocycles. The summed E-state index contributed by atoms with van der Waals surface area (Å²) < 4.78 is 64.9. The Labute approximate surface area is 167 Å². The van der Waals surface area contributed by atoms with Crippen LogP contribution in [0, 0.1) is 0 Å². The number of fused-ring (bicyclic) bond motifs is 1. The number of hydrogen-bond acceptors (Lipinski definition) is 6. The van der Waals surface area contributed by atoms with E-state index in [0.29, 0.717) is 0 Å². The van der Waals surface area contributed by atoms with Gasteiger partial charge in [-0.15, -0.1) is 5.10 Å². The number of thioether (sulfide) groups is 1. The third-order valence-electron chi connectivity index (χ3n) is 4.55. The third kappa shape index (κ3) is 3.90. The number of aromatic nitrogens is 4. The van der Waals surface area contributed by atoms with Crippen molar-refractivity contribution in [2.45, 2.75) is 41.0 Å². The summed E-state index contributed by atoms with van der Waals surface area (Å²) in [5.74, 6) is -0.0957. The number of sulfone groups is 1. The van der Waals surface area contributed by atoms with Crippen LogP contribution in [0.1, 0.15) is 31.2 Å². The Balaban J connectivity index is 1.88. The van der Waals surface area contributed by atoms with E-state index in [1.165, 1.54) is 25.4 Å². The van der Waals surface area contributed by atoms with E-state index >= 15 is 0 Å². The molecule has 0 aromatic carbocycles. The minimum Gasteiger partial charge on any atom is -0.250 e. The molecule has 0 saturated heterocycles. The number of pyridine rings is 2. The zero-order valence-electron chi connectivity index (χ0n) is 15.0. The maximum Gasteiger partial charge on any atom is 0.446 e. The van der Waals surface area contributed by atoms with Crippen molar-refractivity contribution < 1.29 is 21.6 Å². The Bertz CT molecular complexity index is 1260. The number of alkyl halides is 3. The van der Waals surface area contributed by atoms with E-state index in [1.807, 2.05) is 0 Å². The van der Waals surface area contributed by atoms with E-state index in [0.717, 1.165) is 39.6 Å². The van der Waals surface area contributed by atoms with Gasteiger partial charge in [-0.05, 0) is 54.3 Å². The lowest BCUT2D eigenvalue weighted by Crippen LogP contribution is -2.23. The van der Waals surface area contributed by atoms with Crippen molar-refractivity contribution in [3.05, 3.63) is 46.6 Å². The van der Waals surface area contributed by atoms with Crippen molar-refractivity contribution in [2.24, 2.45) is 0 Å². The minimum atomic E-state index is -4.48. The van der Waals surface area contributed by atoms with Crippen LogP contribution in [-0.2, 0) is 9.84 Å². The van der Waals surface area contributed by atoms with E-state index in [4.69, 9.17) is 0 Å². The summed E-state index contributed by atoms with van der Waals surface area (Å²) in [6, 6.07) is 3.77. The van der Waals surface area contributed by atoms with Gasteiger partial charge in [-0.2, -0.15) is 17.9 Å². The van der Waals surface area contributed by atoms with Crippen molar-refractivity contribution in [3.8, 4) is 5.82 Å². The molecule has 0 radical (unpaired) electrons. The molecule has 3 heterocycles. The van der Waals surface area contributed by atoms with Crippen molar-refractivity contribution in [2.75, 3.05) is 5.75 Å². The van der Waals surface area contributed by atoms with Gasteiger partial charge in [0.2, 0.25) is 0 Å². The molecule has 7 nitrogen and oxygen atoms in total. The largest absolute Gasteiger partial charge is 0.446 e. The zero-order chi connectivity index (χ0) is 21.0. The molecular weight excluding hydrogens is 429 g/mol. The zero-order valence-corrected chi connectivity index (χ0v) is 16.7. The molecule has 1 aliphatic rings. The SMILES string of the molecule is CCS(=O)(=O)c1cc(C2CC2)cnc1-n1nc2cc(SC(F)(F)F)ccn2c1=O. The molecule has 4 rings (SSSR count). The summed E-state index contributed by atoms with van der Waals surface area (Å²) >= 11 is -0.327. The lowest BCUT2D eigenvalue weighted by molar-refractivity contribution is -0.0328. The van der Waals surface area contributed by atoms with Crippen molar-refractivity contribution in [1.82, 2.24) is 19.2 Å². The maximum absolute atomic E-state index is 12.7. The third-order valence-corrected chi connectivity index (χ3v) is 7.00. The number of rotatable bonds is 5. The van der Waals surface area contributed by atoms with Crippen LogP contribution in [0.15, 0.2) is 45.2 Å². The predicted molar refractivity (Wildman–Crippen MR) is 100 cm³/mol. The lowest BCUT2D eigenvalue weighted by atomic mass is 10.2. The standard InChI is InChI=1S/C17H15F3N4O3S2/c1-2-29(26,27)13-7-11(10-3-4-10)9-21-15(13)24-16(25)23-6-5-12(8-14(23)22-24)28-17(18,19)20/h5-10H,2-4H2,1H3. The lowest BCUT2D eigenvalue weighted by Gasteiger charge is -2.09. The summed E-state index contributed by atoms with van der Waals surface area (Å²) in [6.45, 7) is 1.48. The highest BCUT2D eigenvalue weighted by Gasteiger charge is 2.30. The first kappa shape index (κ1) is 20.0. The van der Waals surface area contributed by atoms with E-state index in [-0.39, 0.29) is 44.7 Å². The van der Waals surface area contributed by atoms with Crippen LogP contribution in [0.2, 0.25) is 0 Å². The highest BCUT2D eigenvalue weighted by atomic mass is 32.2. The van der Waals surface area contributed by atoms with Crippen molar-refractivity contribution in [1.29, 1.82) is 0 Å². The van der Waals surface area contributed by atoms with E-state index in [2.05, 4.69) is 10.1 Å². The molecule has 0 N–H and O–H groups in total. The topological polar surface area (TPSA) is 86.3 Å². The van der Waals surface area contributed by atoms with Gasteiger partial charge in [0.15, 0.2) is 21.3 Å². The predicted octanol–water partition coefficient (Wildman–Crippen LogP) is 3.16. The van der Waals surface area contributed by atoms with Crippen molar-refractivity contribution >= 4 is 27.2 Å². The normalized spacial score (nSPS) is 15.2. The summed E-state index contributed by atoms with van der Waals surface area (Å²) in [4.78, 5) is 16.7. The molecule has 1 aliphatic carbocycles. The first-order chi connectivity index (χ1) is 13.6.